The number of carbonyl (C=O) groups is 2. The molecule has 3 N–H and O–H groups in total. The lowest BCUT2D eigenvalue weighted by Gasteiger charge is -2.17. The minimum absolute atomic E-state index is 0.0954. The third kappa shape index (κ3) is 4.97. The highest BCUT2D eigenvalue weighted by Gasteiger charge is 2.16. The number of nitrogens with one attached hydrogen (secondary N) is 2. The fourth-order valence-electron chi connectivity index (χ4n) is 1.64. The molecule has 1 aromatic carbocycles. The fourth-order valence-corrected chi connectivity index (χ4v) is 1.64. The zero-order valence-electron chi connectivity index (χ0n) is 10.3. The Labute approximate surface area is 106 Å². The van der Waals surface area contributed by atoms with Crippen LogP contribution in [0.4, 0.5) is 0 Å². The van der Waals surface area contributed by atoms with E-state index >= 15 is 0 Å². The first kappa shape index (κ1) is 14.2. The molecule has 18 heavy (non-hydrogen) atoms. The number of hydrogen-bond donors (Lipinski definition) is 3. The number of aliphatic hydroxyl groups excluding tert-OH is 1. The Bertz CT molecular complexity index is 392. The predicted octanol–water partition coefficient (Wildman–Crippen LogP) is 0.362. The standard InChI is InChI=1S/C13H18N2O3/c1-10(17)15-12(9-13(18)14-7-8-16)11-5-3-2-4-6-11/h2-6,12,16H,7-9H2,1H3,(H,14,18)(H,15,17). The van der Waals surface area contributed by atoms with E-state index in [0.29, 0.717) is 0 Å². The Balaban J connectivity index is 2.67. The molecule has 5 heteroatoms. The van der Waals surface area contributed by atoms with Crippen LogP contribution in [0.3, 0.4) is 0 Å². The van der Waals surface area contributed by atoms with E-state index in [-0.39, 0.29) is 37.4 Å². The van der Waals surface area contributed by atoms with Gasteiger partial charge in [0.15, 0.2) is 0 Å². The van der Waals surface area contributed by atoms with Crippen molar-refractivity contribution in [2.24, 2.45) is 0 Å². The van der Waals surface area contributed by atoms with Crippen LogP contribution in [-0.4, -0.2) is 30.1 Å². The van der Waals surface area contributed by atoms with Gasteiger partial charge in [-0.15, -0.1) is 0 Å². The molecule has 1 atom stereocenters. The lowest BCUT2D eigenvalue weighted by Crippen LogP contribution is -2.33. The number of rotatable bonds is 6. The molecular weight excluding hydrogens is 232 g/mol. The summed E-state index contributed by atoms with van der Waals surface area (Å²) in [5, 5.41) is 13.9. The molecular formula is C13H18N2O3. The molecule has 0 radical (unpaired) electrons. The highest BCUT2D eigenvalue weighted by Crippen LogP contribution is 2.16. The van der Waals surface area contributed by atoms with Crippen LogP contribution < -0.4 is 10.6 Å². The Hall–Kier alpha value is -1.88. The average molecular weight is 250 g/mol. The highest BCUT2D eigenvalue weighted by atomic mass is 16.3. The summed E-state index contributed by atoms with van der Waals surface area (Å²) in [4.78, 5) is 22.7. The van der Waals surface area contributed by atoms with Gasteiger partial charge in [0.05, 0.1) is 19.1 Å². The molecule has 0 spiro atoms. The zero-order chi connectivity index (χ0) is 13.4. The zero-order valence-corrected chi connectivity index (χ0v) is 10.3. The molecule has 0 heterocycles. The van der Waals surface area contributed by atoms with Gasteiger partial charge in [0.1, 0.15) is 0 Å². The van der Waals surface area contributed by atoms with E-state index in [1.165, 1.54) is 6.92 Å². The largest absolute Gasteiger partial charge is 0.395 e. The predicted molar refractivity (Wildman–Crippen MR) is 67.7 cm³/mol. The van der Waals surface area contributed by atoms with Gasteiger partial charge in [-0.2, -0.15) is 0 Å². The first-order valence-corrected chi connectivity index (χ1v) is 5.83. The lowest BCUT2D eigenvalue weighted by molar-refractivity contribution is -0.122. The summed E-state index contributed by atoms with van der Waals surface area (Å²) in [6.45, 7) is 1.55. The van der Waals surface area contributed by atoms with Crippen LogP contribution in [0.1, 0.15) is 24.9 Å². The molecule has 0 aliphatic rings. The van der Waals surface area contributed by atoms with Gasteiger partial charge in [0.2, 0.25) is 11.8 Å². The van der Waals surface area contributed by atoms with E-state index in [9.17, 15) is 9.59 Å². The van der Waals surface area contributed by atoms with Crippen molar-refractivity contribution in [2.45, 2.75) is 19.4 Å². The van der Waals surface area contributed by atoms with Crippen molar-refractivity contribution in [3.8, 4) is 0 Å². The Morgan fingerprint density at radius 1 is 1.28 bits per heavy atom. The van der Waals surface area contributed by atoms with Crippen molar-refractivity contribution < 1.29 is 14.7 Å². The summed E-state index contributed by atoms with van der Waals surface area (Å²) in [5.74, 6) is -0.384. The van der Waals surface area contributed by atoms with Crippen molar-refractivity contribution in [1.29, 1.82) is 0 Å². The van der Waals surface area contributed by atoms with Gasteiger partial charge in [-0.3, -0.25) is 9.59 Å². The van der Waals surface area contributed by atoms with E-state index in [2.05, 4.69) is 10.6 Å². The number of carbonyl (C=O) groups excluding carboxylic acids is 2. The van der Waals surface area contributed by atoms with Gasteiger partial charge in [0, 0.05) is 13.5 Å². The van der Waals surface area contributed by atoms with Crippen LogP contribution in [0, 0.1) is 0 Å². The minimum atomic E-state index is -0.345. The maximum absolute atomic E-state index is 11.6. The van der Waals surface area contributed by atoms with Gasteiger partial charge >= 0.3 is 0 Å². The molecule has 98 valence electrons. The molecule has 5 nitrogen and oxygen atoms in total. The van der Waals surface area contributed by atoms with Gasteiger partial charge in [0.25, 0.3) is 0 Å². The van der Waals surface area contributed by atoms with Crippen LogP contribution in [0.15, 0.2) is 30.3 Å². The topological polar surface area (TPSA) is 78.4 Å². The van der Waals surface area contributed by atoms with Gasteiger partial charge in [-0.05, 0) is 5.56 Å². The molecule has 0 saturated heterocycles. The molecule has 0 saturated carbocycles. The summed E-state index contributed by atoms with van der Waals surface area (Å²) < 4.78 is 0. The number of hydrogen-bond acceptors (Lipinski definition) is 3. The summed E-state index contributed by atoms with van der Waals surface area (Å²) in [5.41, 5.74) is 0.881. The quantitative estimate of drug-likeness (QED) is 0.682. The minimum Gasteiger partial charge on any atom is -0.395 e. The average Bonchev–Trinajstić information content (AvgIpc) is 2.36. The molecule has 1 aromatic rings. The van der Waals surface area contributed by atoms with E-state index in [1.807, 2.05) is 30.3 Å². The molecule has 0 fully saturated rings. The molecule has 0 aliphatic carbocycles. The first-order valence-electron chi connectivity index (χ1n) is 5.83. The maximum atomic E-state index is 11.6. The Kier molecular flexibility index (Phi) is 5.87. The monoisotopic (exact) mass is 250 g/mol. The third-order valence-corrected chi connectivity index (χ3v) is 2.40. The molecule has 1 unspecified atom stereocenters. The number of aliphatic hydroxyl groups is 1. The first-order chi connectivity index (χ1) is 8.63. The molecule has 0 bridgehead atoms. The second-order valence-electron chi connectivity index (χ2n) is 3.94. The van der Waals surface area contributed by atoms with Crippen LogP contribution in [0.5, 0.6) is 0 Å². The number of amides is 2. The maximum Gasteiger partial charge on any atom is 0.222 e. The van der Waals surface area contributed by atoms with Crippen molar-refractivity contribution in [1.82, 2.24) is 10.6 Å². The van der Waals surface area contributed by atoms with Crippen LogP contribution in [-0.2, 0) is 9.59 Å². The van der Waals surface area contributed by atoms with Gasteiger partial charge < -0.3 is 15.7 Å². The Morgan fingerprint density at radius 2 is 1.94 bits per heavy atom. The van der Waals surface area contributed by atoms with Crippen LogP contribution >= 0.6 is 0 Å². The normalized spacial score (nSPS) is 11.7. The summed E-state index contributed by atoms with van der Waals surface area (Å²) >= 11 is 0. The summed E-state index contributed by atoms with van der Waals surface area (Å²) in [7, 11) is 0. The molecule has 0 aliphatic heterocycles. The van der Waals surface area contributed by atoms with Gasteiger partial charge in [-0.1, -0.05) is 30.3 Å². The number of benzene rings is 1. The molecule has 0 aromatic heterocycles. The summed E-state index contributed by atoms with van der Waals surface area (Å²) in [6.07, 6.45) is 0.156. The SMILES string of the molecule is CC(=O)NC(CC(=O)NCCO)c1ccccc1. The van der Waals surface area contributed by atoms with Gasteiger partial charge in [-0.25, -0.2) is 0 Å². The second-order valence-corrected chi connectivity index (χ2v) is 3.94. The molecule has 1 rings (SSSR count). The van der Waals surface area contributed by atoms with E-state index in [0.717, 1.165) is 5.56 Å². The molecule has 2 amide bonds. The van der Waals surface area contributed by atoms with Crippen LogP contribution in [0.25, 0.3) is 0 Å². The third-order valence-electron chi connectivity index (χ3n) is 2.40. The summed E-state index contributed by atoms with van der Waals surface area (Å²) in [6, 6.07) is 8.97. The fraction of sp³-hybridized carbons (Fsp3) is 0.385. The smallest absolute Gasteiger partial charge is 0.222 e. The van der Waals surface area contributed by atoms with Crippen molar-refractivity contribution in [2.75, 3.05) is 13.2 Å². The highest BCUT2D eigenvalue weighted by molar-refractivity contribution is 5.79. The van der Waals surface area contributed by atoms with E-state index in [1.54, 1.807) is 0 Å². The van der Waals surface area contributed by atoms with E-state index in [4.69, 9.17) is 5.11 Å². The van der Waals surface area contributed by atoms with E-state index < -0.39 is 0 Å². The van der Waals surface area contributed by atoms with Crippen LogP contribution in [0.2, 0.25) is 0 Å². The van der Waals surface area contributed by atoms with Crippen molar-refractivity contribution >= 4 is 11.8 Å². The van der Waals surface area contributed by atoms with Crippen molar-refractivity contribution in [3.63, 3.8) is 0 Å². The van der Waals surface area contributed by atoms with Crippen molar-refractivity contribution in [3.05, 3.63) is 35.9 Å². The Morgan fingerprint density at radius 3 is 2.50 bits per heavy atom. The lowest BCUT2D eigenvalue weighted by atomic mass is 10.0. The second kappa shape index (κ2) is 7.45.